The van der Waals surface area contributed by atoms with Crippen LogP contribution in [0.1, 0.15) is 27.0 Å². The molecule has 3 heteroatoms. The van der Waals surface area contributed by atoms with Crippen molar-refractivity contribution in [2.24, 2.45) is 0 Å². The standard InChI is InChI=1S/C15H11FO2/c1-9-5-6-11-14(7-9)18-8-12-10(15(11)17)3-2-4-13(12)16/h2-7H,8H2,1H3. The second-order valence-corrected chi connectivity index (χ2v) is 4.38. The molecule has 0 saturated heterocycles. The van der Waals surface area contributed by atoms with E-state index in [1.165, 1.54) is 6.07 Å². The molecule has 1 aliphatic heterocycles. The summed E-state index contributed by atoms with van der Waals surface area (Å²) in [6.07, 6.45) is 0. The van der Waals surface area contributed by atoms with Crippen molar-refractivity contribution < 1.29 is 13.9 Å². The SMILES string of the molecule is Cc1ccc2c(c1)OCc1c(F)cccc1C2=O. The number of hydrogen-bond donors (Lipinski definition) is 0. The fourth-order valence-electron chi connectivity index (χ4n) is 2.15. The Morgan fingerprint density at radius 1 is 1.17 bits per heavy atom. The Balaban J connectivity index is 2.22. The van der Waals surface area contributed by atoms with Crippen molar-refractivity contribution in [3.63, 3.8) is 0 Å². The van der Waals surface area contributed by atoms with Crippen LogP contribution in [0, 0.1) is 12.7 Å². The number of hydrogen-bond acceptors (Lipinski definition) is 2. The number of aryl methyl sites for hydroxylation is 1. The van der Waals surface area contributed by atoms with Crippen LogP contribution in [0.4, 0.5) is 4.39 Å². The lowest BCUT2D eigenvalue weighted by molar-refractivity contribution is 0.103. The number of ether oxygens (including phenoxy) is 1. The Bertz CT molecular complexity index is 647. The molecular formula is C15H11FO2. The van der Waals surface area contributed by atoms with Gasteiger partial charge in [-0.05, 0) is 30.7 Å². The molecule has 0 N–H and O–H groups in total. The van der Waals surface area contributed by atoms with Crippen molar-refractivity contribution in [2.45, 2.75) is 13.5 Å². The van der Waals surface area contributed by atoms with E-state index >= 15 is 0 Å². The second kappa shape index (κ2) is 3.95. The monoisotopic (exact) mass is 242 g/mol. The minimum atomic E-state index is -0.398. The molecule has 2 aromatic rings. The summed E-state index contributed by atoms with van der Waals surface area (Å²) in [6, 6.07) is 9.91. The molecule has 1 aliphatic rings. The minimum Gasteiger partial charge on any atom is -0.488 e. The van der Waals surface area contributed by atoms with Gasteiger partial charge in [0.15, 0.2) is 5.78 Å². The quantitative estimate of drug-likeness (QED) is 0.708. The summed E-state index contributed by atoms with van der Waals surface area (Å²) < 4.78 is 19.2. The predicted molar refractivity (Wildman–Crippen MR) is 65.3 cm³/mol. The van der Waals surface area contributed by atoms with Crippen molar-refractivity contribution >= 4 is 5.78 Å². The van der Waals surface area contributed by atoms with E-state index in [9.17, 15) is 9.18 Å². The summed E-state index contributed by atoms with van der Waals surface area (Å²) in [6.45, 7) is 2.01. The molecule has 0 aromatic heterocycles. The number of fused-ring (bicyclic) bond motifs is 2. The smallest absolute Gasteiger partial charge is 0.197 e. The third-order valence-electron chi connectivity index (χ3n) is 3.12. The molecule has 0 bridgehead atoms. The van der Waals surface area contributed by atoms with E-state index in [0.29, 0.717) is 22.4 Å². The number of carbonyl (C=O) groups is 1. The molecule has 0 atom stereocenters. The van der Waals surface area contributed by atoms with Crippen LogP contribution in [-0.4, -0.2) is 5.78 Å². The summed E-state index contributed by atoms with van der Waals surface area (Å²) in [5.41, 5.74) is 2.21. The Kier molecular flexibility index (Phi) is 2.40. The Morgan fingerprint density at radius 2 is 2.00 bits per heavy atom. The van der Waals surface area contributed by atoms with Gasteiger partial charge in [-0.15, -0.1) is 0 Å². The lowest BCUT2D eigenvalue weighted by Gasteiger charge is -2.06. The van der Waals surface area contributed by atoms with E-state index in [1.807, 2.05) is 13.0 Å². The van der Waals surface area contributed by atoms with Gasteiger partial charge in [0.1, 0.15) is 18.2 Å². The van der Waals surface area contributed by atoms with Gasteiger partial charge in [-0.2, -0.15) is 0 Å². The van der Waals surface area contributed by atoms with Crippen LogP contribution in [-0.2, 0) is 6.61 Å². The van der Waals surface area contributed by atoms with Gasteiger partial charge in [0.2, 0.25) is 0 Å². The summed E-state index contributed by atoms with van der Waals surface area (Å²) in [5.74, 6) is -0.0574. The maximum atomic E-state index is 13.7. The van der Waals surface area contributed by atoms with Crippen LogP contribution in [0.15, 0.2) is 36.4 Å². The van der Waals surface area contributed by atoms with Crippen LogP contribution in [0.5, 0.6) is 5.75 Å². The van der Waals surface area contributed by atoms with Gasteiger partial charge < -0.3 is 4.74 Å². The molecular weight excluding hydrogens is 231 g/mol. The van der Waals surface area contributed by atoms with Gasteiger partial charge in [-0.25, -0.2) is 4.39 Å². The van der Waals surface area contributed by atoms with E-state index in [1.54, 1.807) is 24.3 Å². The van der Waals surface area contributed by atoms with Gasteiger partial charge >= 0.3 is 0 Å². The maximum Gasteiger partial charge on any atom is 0.197 e. The van der Waals surface area contributed by atoms with Crippen molar-refractivity contribution in [1.82, 2.24) is 0 Å². The van der Waals surface area contributed by atoms with Gasteiger partial charge in [-0.3, -0.25) is 4.79 Å². The molecule has 2 nitrogen and oxygen atoms in total. The second-order valence-electron chi connectivity index (χ2n) is 4.38. The van der Waals surface area contributed by atoms with Crippen LogP contribution in [0.2, 0.25) is 0 Å². The molecule has 0 radical (unpaired) electrons. The molecule has 0 saturated carbocycles. The Morgan fingerprint density at radius 3 is 2.83 bits per heavy atom. The Hall–Kier alpha value is -2.16. The zero-order valence-electron chi connectivity index (χ0n) is 9.87. The number of halogens is 1. The topological polar surface area (TPSA) is 26.3 Å². The molecule has 90 valence electrons. The van der Waals surface area contributed by atoms with Gasteiger partial charge in [0, 0.05) is 11.1 Å². The maximum absolute atomic E-state index is 13.7. The summed E-state index contributed by atoms with van der Waals surface area (Å²) in [7, 11) is 0. The Labute approximate surface area is 104 Å². The number of carbonyl (C=O) groups excluding carboxylic acids is 1. The van der Waals surface area contributed by atoms with Crippen LogP contribution in [0.3, 0.4) is 0 Å². The van der Waals surface area contributed by atoms with Crippen molar-refractivity contribution in [1.29, 1.82) is 0 Å². The molecule has 3 rings (SSSR count). The van der Waals surface area contributed by atoms with Crippen molar-refractivity contribution in [3.05, 3.63) is 64.5 Å². The zero-order chi connectivity index (χ0) is 12.7. The largest absolute Gasteiger partial charge is 0.488 e. The molecule has 1 heterocycles. The summed E-state index contributed by atoms with van der Waals surface area (Å²) in [4.78, 5) is 12.3. The fourth-order valence-corrected chi connectivity index (χ4v) is 2.15. The normalized spacial score (nSPS) is 13.3. The first kappa shape index (κ1) is 11.0. The van der Waals surface area contributed by atoms with Gasteiger partial charge in [0.25, 0.3) is 0 Å². The van der Waals surface area contributed by atoms with E-state index in [-0.39, 0.29) is 12.4 Å². The van der Waals surface area contributed by atoms with E-state index in [2.05, 4.69) is 0 Å². The molecule has 18 heavy (non-hydrogen) atoms. The minimum absolute atomic E-state index is 0.0875. The highest BCUT2D eigenvalue weighted by Crippen LogP contribution is 2.30. The van der Waals surface area contributed by atoms with E-state index in [4.69, 9.17) is 4.74 Å². The zero-order valence-corrected chi connectivity index (χ0v) is 9.87. The number of rotatable bonds is 0. The van der Waals surface area contributed by atoms with E-state index < -0.39 is 5.82 Å². The summed E-state index contributed by atoms with van der Waals surface area (Å²) >= 11 is 0. The van der Waals surface area contributed by atoms with Crippen LogP contribution < -0.4 is 4.74 Å². The first-order chi connectivity index (χ1) is 8.66. The average molecular weight is 242 g/mol. The summed E-state index contributed by atoms with van der Waals surface area (Å²) in [5, 5.41) is 0. The first-order valence-electron chi connectivity index (χ1n) is 5.72. The van der Waals surface area contributed by atoms with Crippen molar-refractivity contribution in [3.8, 4) is 5.75 Å². The molecule has 0 amide bonds. The fraction of sp³-hybridized carbons (Fsp3) is 0.133. The van der Waals surface area contributed by atoms with Crippen LogP contribution in [0.25, 0.3) is 0 Å². The third kappa shape index (κ3) is 1.59. The van der Waals surface area contributed by atoms with Gasteiger partial charge in [0.05, 0.1) is 5.56 Å². The highest BCUT2D eigenvalue weighted by Gasteiger charge is 2.23. The number of ketones is 1. The van der Waals surface area contributed by atoms with Crippen LogP contribution >= 0.6 is 0 Å². The molecule has 0 fully saturated rings. The van der Waals surface area contributed by atoms with E-state index in [0.717, 1.165) is 5.56 Å². The highest BCUT2D eigenvalue weighted by atomic mass is 19.1. The van der Waals surface area contributed by atoms with Gasteiger partial charge in [-0.1, -0.05) is 18.2 Å². The molecule has 0 unspecified atom stereocenters. The van der Waals surface area contributed by atoms with Crippen molar-refractivity contribution in [2.75, 3.05) is 0 Å². The predicted octanol–water partition coefficient (Wildman–Crippen LogP) is 3.26. The lowest BCUT2D eigenvalue weighted by atomic mass is 9.98. The first-order valence-corrected chi connectivity index (χ1v) is 5.72. The lowest BCUT2D eigenvalue weighted by Crippen LogP contribution is -2.04. The third-order valence-corrected chi connectivity index (χ3v) is 3.12. The molecule has 0 aliphatic carbocycles. The molecule has 2 aromatic carbocycles. The number of benzene rings is 2. The average Bonchev–Trinajstić information content (AvgIpc) is 2.49. The highest BCUT2D eigenvalue weighted by molar-refractivity contribution is 6.12. The molecule has 0 spiro atoms.